The van der Waals surface area contributed by atoms with Crippen molar-refractivity contribution in [3.63, 3.8) is 0 Å². The van der Waals surface area contributed by atoms with Crippen molar-refractivity contribution >= 4 is 6.03 Å². The lowest BCUT2D eigenvalue weighted by Gasteiger charge is -2.30. The van der Waals surface area contributed by atoms with Crippen LogP contribution in [0.4, 0.5) is 4.79 Å². The van der Waals surface area contributed by atoms with Gasteiger partial charge in [-0.2, -0.15) is 0 Å². The molecule has 0 aromatic heterocycles. The van der Waals surface area contributed by atoms with E-state index in [2.05, 4.69) is 19.2 Å². The summed E-state index contributed by atoms with van der Waals surface area (Å²) in [5.74, 6) is 0.616. The van der Waals surface area contributed by atoms with Crippen LogP contribution in [0.3, 0.4) is 0 Å². The van der Waals surface area contributed by atoms with Crippen LogP contribution in [0.15, 0.2) is 0 Å². The lowest BCUT2D eigenvalue weighted by atomic mass is 10.0. The van der Waals surface area contributed by atoms with Crippen LogP contribution >= 0.6 is 0 Å². The Hall–Kier alpha value is -0.730. The van der Waals surface area contributed by atoms with Crippen molar-refractivity contribution in [3.8, 4) is 0 Å². The zero-order chi connectivity index (χ0) is 12.8. The molecule has 0 saturated heterocycles. The summed E-state index contributed by atoms with van der Waals surface area (Å²) in [4.78, 5) is 13.9. The molecule has 0 bridgehead atoms. The highest BCUT2D eigenvalue weighted by molar-refractivity contribution is 5.74. The van der Waals surface area contributed by atoms with Gasteiger partial charge in [-0.15, -0.1) is 0 Å². The topological polar surface area (TPSA) is 32.3 Å². The normalized spacial score (nSPS) is 11.7. The lowest BCUT2D eigenvalue weighted by molar-refractivity contribution is 0.180. The number of urea groups is 1. The van der Waals surface area contributed by atoms with Gasteiger partial charge in [0.1, 0.15) is 0 Å². The quantitative estimate of drug-likeness (QED) is 0.769. The Morgan fingerprint density at radius 1 is 1.19 bits per heavy atom. The van der Waals surface area contributed by atoms with Crippen LogP contribution in [0.2, 0.25) is 0 Å². The Bertz CT molecular complexity index is 204. The van der Waals surface area contributed by atoms with Gasteiger partial charge in [0.2, 0.25) is 0 Å². The van der Waals surface area contributed by atoms with Crippen molar-refractivity contribution in [1.82, 2.24) is 10.2 Å². The van der Waals surface area contributed by atoms with E-state index in [-0.39, 0.29) is 11.6 Å². The second-order valence-electron chi connectivity index (χ2n) is 5.40. The van der Waals surface area contributed by atoms with Crippen LogP contribution in [0.25, 0.3) is 0 Å². The number of rotatable bonds is 5. The van der Waals surface area contributed by atoms with E-state index in [0.717, 1.165) is 25.9 Å². The van der Waals surface area contributed by atoms with Crippen LogP contribution < -0.4 is 5.32 Å². The molecule has 0 heterocycles. The van der Waals surface area contributed by atoms with E-state index in [1.807, 2.05) is 32.6 Å². The van der Waals surface area contributed by atoms with Gasteiger partial charge in [0.05, 0.1) is 0 Å². The molecule has 0 unspecified atom stereocenters. The van der Waals surface area contributed by atoms with Gasteiger partial charge in [0.15, 0.2) is 0 Å². The summed E-state index contributed by atoms with van der Waals surface area (Å²) in [5.41, 5.74) is -0.154. The van der Waals surface area contributed by atoms with Crippen LogP contribution in [0, 0.1) is 5.92 Å². The highest BCUT2D eigenvalue weighted by Crippen LogP contribution is 2.10. The maximum atomic E-state index is 12.0. The Kier molecular flexibility index (Phi) is 6.46. The van der Waals surface area contributed by atoms with Crippen molar-refractivity contribution in [2.24, 2.45) is 5.92 Å². The van der Waals surface area contributed by atoms with Gasteiger partial charge in [0.25, 0.3) is 0 Å². The van der Waals surface area contributed by atoms with E-state index in [1.54, 1.807) is 0 Å². The zero-order valence-electron chi connectivity index (χ0n) is 11.8. The maximum absolute atomic E-state index is 12.0. The summed E-state index contributed by atoms with van der Waals surface area (Å²) < 4.78 is 0. The molecule has 0 aliphatic heterocycles. The monoisotopic (exact) mass is 228 g/mol. The van der Waals surface area contributed by atoms with Crippen LogP contribution in [0.5, 0.6) is 0 Å². The predicted octanol–water partition coefficient (Wildman–Crippen LogP) is 3.25. The van der Waals surface area contributed by atoms with Gasteiger partial charge in [-0.3, -0.25) is 0 Å². The molecule has 3 heteroatoms. The van der Waals surface area contributed by atoms with Crippen molar-refractivity contribution in [3.05, 3.63) is 0 Å². The van der Waals surface area contributed by atoms with Gasteiger partial charge in [0, 0.05) is 18.6 Å². The maximum Gasteiger partial charge on any atom is 0.317 e. The Balaban J connectivity index is 4.32. The first-order chi connectivity index (χ1) is 7.34. The zero-order valence-corrected chi connectivity index (χ0v) is 11.8. The number of nitrogens with zero attached hydrogens (tertiary/aromatic N) is 1. The molecule has 0 atom stereocenters. The molecule has 0 aliphatic carbocycles. The van der Waals surface area contributed by atoms with Gasteiger partial charge in [-0.1, -0.05) is 26.7 Å². The van der Waals surface area contributed by atoms with Crippen molar-refractivity contribution in [2.75, 3.05) is 13.1 Å². The molecule has 0 aromatic carbocycles. The first-order valence-corrected chi connectivity index (χ1v) is 6.41. The molecular formula is C13H28N2O. The summed E-state index contributed by atoms with van der Waals surface area (Å²) in [7, 11) is 0. The van der Waals surface area contributed by atoms with E-state index in [1.165, 1.54) is 0 Å². The first kappa shape index (κ1) is 15.3. The van der Waals surface area contributed by atoms with Crippen molar-refractivity contribution < 1.29 is 4.79 Å². The molecule has 0 radical (unpaired) electrons. The molecule has 2 amide bonds. The second kappa shape index (κ2) is 6.77. The van der Waals surface area contributed by atoms with E-state index in [4.69, 9.17) is 0 Å². The number of nitrogens with one attached hydrogen (secondary N) is 1. The molecule has 16 heavy (non-hydrogen) atoms. The molecule has 0 aliphatic rings. The second-order valence-corrected chi connectivity index (χ2v) is 5.40. The third-order valence-electron chi connectivity index (χ3n) is 2.78. The summed E-state index contributed by atoms with van der Waals surface area (Å²) >= 11 is 0. The third-order valence-corrected chi connectivity index (χ3v) is 2.78. The summed E-state index contributed by atoms with van der Waals surface area (Å²) in [6.07, 6.45) is 2.27. The molecule has 0 rings (SSSR count). The largest absolute Gasteiger partial charge is 0.333 e. The van der Waals surface area contributed by atoms with E-state index in [0.29, 0.717) is 5.92 Å². The van der Waals surface area contributed by atoms with Crippen LogP contribution in [0.1, 0.15) is 54.4 Å². The molecule has 1 N–H and O–H groups in total. The first-order valence-electron chi connectivity index (χ1n) is 6.41. The number of amides is 2. The Morgan fingerprint density at radius 3 is 2.00 bits per heavy atom. The fourth-order valence-electron chi connectivity index (χ4n) is 1.61. The summed E-state index contributed by atoms with van der Waals surface area (Å²) in [6, 6.07) is 0.0573. The molecule has 3 nitrogen and oxygen atoms in total. The SMILES string of the molecule is CCC(CC)CN(CC)C(=O)NC(C)(C)C. The average Bonchev–Trinajstić information content (AvgIpc) is 2.17. The molecule has 96 valence electrons. The van der Waals surface area contributed by atoms with Gasteiger partial charge >= 0.3 is 6.03 Å². The molecule has 0 aromatic rings. The lowest BCUT2D eigenvalue weighted by Crippen LogP contribution is -2.49. The minimum atomic E-state index is -0.154. The molecule has 0 saturated carbocycles. The molecule has 0 fully saturated rings. The minimum absolute atomic E-state index is 0.0573. The number of carbonyl (C=O) groups excluding carboxylic acids is 1. The third kappa shape index (κ3) is 5.99. The number of hydrogen-bond acceptors (Lipinski definition) is 1. The Labute approximate surface area is 101 Å². The van der Waals surface area contributed by atoms with Crippen LogP contribution in [-0.4, -0.2) is 29.6 Å². The number of carbonyl (C=O) groups is 1. The van der Waals surface area contributed by atoms with E-state index < -0.39 is 0 Å². The van der Waals surface area contributed by atoms with E-state index in [9.17, 15) is 4.79 Å². The Morgan fingerprint density at radius 2 is 1.69 bits per heavy atom. The van der Waals surface area contributed by atoms with E-state index >= 15 is 0 Å². The predicted molar refractivity (Wildman–Crippen MR) is 69.6 cm³/mol. The fraction of sp³-hybridized carbons (Fsp3) is 0.923. The molecular weight excluding hydrogens is 200 g/mol. The number of hydrogen-bond donors (Lipinski definition) is 1. The smallest absolute Gasteiger partial charge is 0.317 e. The highest BCUT2D eigenvalue weighted by atomic mass is 16.2. The summed E-state index contributed by atoms with van der Waals surface area (Å²) in [6.45, 7) is 14.1. The fourth-order valence-corrected chi connectivity index (χ4v) is 1.61. The van der Waals surface area contributed by atoms with Gasteiger partial charge < -0.3 is 10.2 Å². The standard InChI is InChI=1S/C13H28N2O/c1-7-11(8-2)10-15(9-3)12(16)14-13(4,5)6/h11H,7-10H2,1-6H3,(H,14,16). The highest BCUT2D eigenvalue weighted by Gasteiger charge is 2.20. The van der Waals surface area contributed by atoms with Crippen molar-refractivity contribution in [1.29, 1.82) is 0 Å². The average molecular weight is 228 g/mol. The van der Waals surface area contributed by atoms with Crippen molar-refractivity contribution in [2.45, 2.75) is 59.9 Å². The summed E-state index contributed by atoms with van der Waals surface area (Å²) in [5, 5.41) is 3.01. The van der Waals surface area contributed by atoms with Crippen LogP contribution in [-0.2, 0) is 0 Å². The minimum Gasteiger partial charge on any atom is -0.333 e. The molecule has 0 spiro atoms. The van der Waals surface area contributed by atoms with Gasteiger partial charge in [-0.25, -0.2) is 4.79 Å². The van der Waals surface area contributed by atoms with Gasteiger partial charge in [-0.05, 0) is 33.6 Å².